The van der Waals surface area contributed by atoms with E-state index in [9.17, 15) is 19.7 Å². The highest BCUT2D eigenvalue weighted by molar-refractivity contribution is 8.15. The molecule has 1 saturated heterocycles. The van der Waals surface area contributed by atoms with Crippen LogP contribution in [0.2, 0.25) is 0 Å². The van der Waals surface area contributed by atoms with Crippen molar-refractivity contribution in [1.29, 1.82) is 0 Å². The largest absolute Gasteiger partial charge is 0.433 e. The maximum atomic E-state index is 12.0. The summed E-state index contributed by atoms with van der Waals surface area (Å²) in [5.74, 6) is -0.886. The minimum absolute atomic E-state index is 0.0154. The Kier molecular flexibility index (Phi) is 5.61. The molecule has 0 spiro atoms. The first-order valence-corrected chi connectivity index (χ1v) is 8.57. The van der Waals surface area contributed by atoms with Gasteiger partial charge in [0.1, 0.15) is 10.2 Å². The lowest BCUT2D eigenvalue weighted by Crippen LogP contribution is -2.28. The molecule has 1 aliphatic heterocycles. The van der Waals surface area contributed by atoms with Gasteiger partial charge in [0.2, 0.25) is 11.8 Å². The van der Waals surface area contributed by atoms with Crippen LogP contribution in [0.3, 0.4) is 0 Å². The summed E-state index contributed by atoms with van der Waals surface area (Å²) in [5.41, 5.74) is 0.650. The van der Waals surface area contributed by atoms with E-state index in [1.165, 1.54) is 18.3 Å². The molecule has 11 heteroatoms. The fraction of sp³-hybridized carbons (Fsp3) is 0.125. The summed E-state index contributed by atoms with van der Waals surface area (Å²) in [6.45, 7) is 0. The van der Waals surface area contributed by atoms with Crippen LogP contribution in [-0.2, 0) is 9.59 Å². The zero-order valence-electron chi connectivity index (χ0n) is 13.7. The molecule has 0 radical (unpaired) electrons. The van der Waals surface area contributed by atoms with Gasteiger partial charge in [-0.15, -0.1) is 5.10 Å². The third-order valence-corrected chi connectivity index (χ3v) is 4.40. The minimum Gasteiger partial charge on any atom is -0.400 e. The molecule has 10 nitrogen and oxygen atoms in total. The van der Waals surface area contributed by atoms with E-state index >= 15 is 0 Å². The first kappa shape index (κ1) is 18.3. The first-order chi connectivity index (χ1) is 13.0. The molecule has 138 valence electrons. The first-order valence-electron chi connectivity index (χ1n) is 7.69. The Hall–Kier alpha value is -3.47. The number of furan rings is 1. The van der Waals surface area contributed by atoms with Gasteiger partial charge in [-0.2, -0.15) is 5.10 Å². The quantitative estimate of drug-likeness (QED) is 0.442. The fourth-order valence-corrected chi connectivity index (χ4v) is 3.06. The van der Waals surface area contributed by atoms with Crippen molar-refractivity contribution in [2.24, 2.45) is 10.2 Å². The highest BCUT2D eigenvalue weighted by Crippen LogP contribution is 2.23. The normalized spacial score (nSPS) is 18.0. The predicted octanol–water partition coefficient (Wildman–Crippen LogP) is 2.14. The third-order valence-electron chi connectivity index (χ3n) is 3.33. The van der Waals surface area contributed by atoms with Crippen molar-refractivity contribution in [3.05, 3.63) is 58.3 Å². The van der Waals surface area contributed by atoms with Crippen molar-refractivity contribution >= 4 is 46.5 Å². The number of nitrogens with zero attached hydrogens (tertiary/aromatic N) is 3. The number of nitro groups is 1. The summed E-state index contributed by atoms with van der Waals surface area (Å²) in [7, 11) is 0. The number of carbonyl (C=O) groups is 2. The van der Waals surface area contributed by atoms with Crippen LogP contribution >= 0.6 is 11.8 Å². The lowest BCUT2D eigenvalue weighted by Gasteiger charge is -2.06. The molecular weight excluding hydrogens is 374 g/mol. The van der Waals surface area contributed by atoms with E-state index in [1.807, 2.05) is 6.07 Å². The van der Waals surface area contributed by atoms with Crippen LogP contribution in [-0.4, -0.2) is 33.4 Å². The number of carbonyl (C=O) groups excluding carboxylic acids is 2. The molecule has 2 N–H and O–H groups in total. The van der Waals surface area contributed by atoms with E-state index in [0.29, 0.717) is 5.69 Å². The Morgan fingerprint density at radius 3 is 2.81 bits per heavy atom. The molecule has 3 rings (SSSR count). The summed E-state index contributed by atoms with van der Waals surface area (Å²) < 4.78 is 4.90. The second kappa shape index (κ2) is 8.27. The molecule has 0 aliphatic carbocycles. The van der Waals surface area contributed by atoms with Gasteiger partial charge in [-0.05, 0) is 18.2 Å². The van der Waals surface area contributed by atoms with Gasteiger partial charge in [0, 0.05) is 12.1 Å². The van der Waals surface area contributed by atoms with Crippen molar-refractivity contribution in [2.75, 3.05) is 5.32 Å². The summed E-state index contributed by atoms with van der Waals surface area (Å²) in [4.78, 5) is 33.8. The van der Waals surface area contributed by atoms with E-state index < -0.39 is 16.1 Å². The summed E-state index contributed by atoms with van der Waals surface area (Å²) in [5, 5.41) is 22.9. The van der Waals surface area contributed by atoms with Gasteiger partial charge in [0.05, 0.1) is 12.3 Å². The number of benzene rings is 1. The van der Waals surface area contributed by atoms with Crippen molar-refractivity contribution in [1.82, 2.24) is 5.32 Å². The smallest absolute Gasteiger partial charge is 0.400 e. The average Bonchev–Trinajstić information content (AvgIpc) is 3.23. The number of rotatable bonds is 6. The molecule has 0 bridgehead atoms. The number of para-hydroxylation sites is 1. The maximum Gasteiger partial charge on any atom is 0.433 e. The minimum atomic E-state index is -0.665. The Bertz CT molecular complexity index is 924. The zero-order chi connectivity index (χ0) is 19.2. The maximum absolute atomic E-state index is 12.0. The highest BCUT2D eigenvalue weighted by atomic mass is 32.2. The number of hydrogen-bond acceptors (Lipinski definition) is 8. The molecule has 0 saturated carbocycles. The lowest BCUT2D eigenvalue weighted by molar-refractivity contribution is -0.402. The molecule has 1 fully saturated rings. The third kappa shape index (κ3) is 5.01. The molecule has 2 amide bonds. The van der Waals surface area contributed by atoms with Crippen molar-refractivity contribution in [3.63, 3.8) is 0 Å². The fourth-order valence-electron chi connectivity index (χ4n) is 2.14. The van der Waals surface area contributed by atoms with Crippen LogP contribution in [0.1, 0.15) is 12.2 Å². The number of nitrogens with one attached hydrogen (secondary N) is 2. The van der Waals surface area contributed by atoms with Gasteiger partial charge in [-0.3, -0.25) is 19.7 Å². The van der Waals surface area contributed by atoms with Gasteiger partial charge < -0.3 is 15.1 Å². The van der Waals surface area contributed by atoms with Crippen LogP contribution in [0, 0.1) is 10.1 Å². The monoisotopic (exact) mass is 387 g/mol. The van der Waals surface area contributed by atoms with E-state index in [2.05, 4.69) is 20.8 Å². The van der Waals surface area contributed by atoms with Crippen molar-refractivity contribution in [3.8, 4) is 0 Å². The molecule has 1 atom stereocenters. The van der Waals surface area contributed by atoms with Gasteiger partial charge in [-0.25, -0.2) is 0 Å². The van der Waals surface area contributed by atoms with Crippen molar-refractivity contribution < 1.29 is 18.9 Å². The summed E-state index contributed by atoms with van der Waals surface area (Å²) in [6, 6.07) is 11.5. The number of thioether (sulfide) groups is 1. The van der Waals surface area contributed by atoms with Crippen LogP contribution in [0.25, 0.3) is 0 Å². The topological polar surface area (TPSA) is 139 Å². The van der Waals surface area contributed by atoms with Gasteiger partial charge in [0.25, 0.3) is 0 Å². The molecule has 2 heterocycles. The van der Waals surface area contributed by atoms with Crippen LogP contribution in [0.4, 0.5) is 11.6 Å². The van der Waals surface area contributed by atoms with E-state index in [1.54, 1.807) is 24.3 Å². The SMILES string of the molecule is O=C(CC1S/C(=N/N=C/c2ccc([N+](=O)[O-])o2)NC1=O)Nc1ccccc1. The standard InChI is InChI=1S/C16H13N5O5S/c22-13(18-10-4-2-1-3-5-10)8-12-15(23)19-16(27-12)20-17-9-11-6-7-14(26-11)21(24)25/h1-7,9,12H,8H2,(H,18,22)(H,19,20,23)/b17-9+. The second-order valence-electron chi connectivity index (χ2n) is 5.30. The molecule has 1 aromatic carbocycles. The number of anilines is 1. The Balaban J connectivity index is 1.54. The van der Waals surface area contributed by atoms with Gasteiger partial charge in [-0.1, -0.05) is 30.0 Å². The molecule has 1 aliphatic rings. The highest BCUT2D eigenvalue weighted by Gasteiger charge is 2.32. The van der Waals surface area contributed by atoms with Gasteiger partial charge >= 0.3 is 5.88 Å². The molecule has 1 aromatic heterocycles. The lowest BCUT2D eigenvalue weighted by atomic mass is 10.2. The molecule has 1 unspecified atom stereocenters. The Morgan fingerprint density at radius 1 is 1.33 bits per heavy atom. The zero-order valence-corrected chi connectivity index (χ0v) is 14.5. The number of amides is 2. The average molecular weight is 387 g/mol. The van der Waals surface area contributed by atoms with Crippen molar-refractivity contribution in [2.45, 2.75) is 11.7 Å². The van der Waals surface area contributed by atoms with Crippen LogP contribution < -0.4 is 10.6 Å². The van der Waals surface area contributed by atoms with Crippen LogP contribution in [0.15, 0.2) is 57.1 Å². The molecule has 27 heavy (non-hydrogen) atoms. The summed E-state index contributed by atoms with van der Waals surface area (Å²) in [6.07, 6.45) is 1.17. The van der Waals surface area contributed by atoms with E-state index in [4.69, 9.17) is 4.42 Å². The second-order valence-corrected chi connectivity index (χ2v) is 6.49. The number of hydrogen-bond donors (Lipinski definition) is 2. The Morgan fingerprint density at radius 2 is 2.11 bits per heavy atom. The predicted molar refractivity (Wildman–Crippen MR) is 99.6 cm³/mol. The van der Waals surface area contributed by atoms with E-state index in [-0.39, 0.29) is 29.2 Å². The number of amidine groups is 1. The Labute approximate surface area is 156 Å². The summed E-state index contributed by atoms with van der Waals surface area (Å²) >= 11 is 1.08. The van der Waals surface area contributed by atoms with Crippen LogP contribution in [0.5, 0.6) is 0 Å². The molecular formula is C16H13N5O5S. The van der Waals surface area contributed by atoms with Gasteiger partial charge in [0.15, 0.2) is 10.9 Å². The molecule has 2 aromatic rings. The van der Waals surface area contributed by atoms with E-state index in [0.717, 1.165) is 11.8 Å².